The summed E-state index contributed by atoms with van der Waals surface area (Å²) in [7, 11) is 1.61. The van der Waals surface area contributed by atoms with Crippen LogP contribution < -0.4 is 4.90 Å². The topological polar surface area (TPSA) is 29.5 Å². The van der Waals surface area contributed by atoms with Gasteiger partial charge < -0.3 is 9.64 Å². The number of methoxy groups -OCH3 is 1. The Balaban J connectivity index is 1.41. The summed E-state index contributed by atoms with van der Waals surface area (Å²) < 4.78 is 5.47. The van der Waals surface area contributed by atoms with Crippen LogP contribution in [0.5, 0.6) is 0 Å². The SMILES string of the molecule is CO/C(C)=C(\C(C)=O)c1ccc(N(c2ccc3c(c2)C(C)(C)c2ccccc2-3)c2ccc3c(c2)C(C)(C)c2ccccc2-3)cc1. The maximum absolute atomic E-state index is 12.6. The van der Waals surface area contributed by atoms with Crippen LogP contribution in [0, 0.1) is 0 Å². The fourth-order valence-corrected chi connectivity index (χ4v) is 7.64. The lowest BCUT2D eigenvalue weighted by molar-refractivity contribution is -0.111. The molecular formula is C42H39NO2. The molecule has 0 saturated heterocycles. The smallest absolute Gasteiger partial charge is 0.163 e. The van der Waals surface area contributed by atoms with E-state index in [1.165, 1.54) is 44.5 Å². The molecule has 0 heterocycles. The number of hydrogen-bond donors (Lipinski definition) is 0. The van der Waals surface area contributed by atoms with Crippen molar-refractivity contribution < 1.29 is 9.53 Å². The van der Waals surface area contributed by atoms with Gasteiger partial charge in [-0.15, -0.1) is 0 Å². The summed E-state index contributed by atoms with van der Waals surface area (Å²) in [4.78, 5) is 14.9. The van der Waals surface area contributed by atoms with E-state index in [1.807, 2.05) is 19.1 Å². The molecule has 0 N–H and O–H groups in total. The molecule has 0 radical (unpaired) electrons. The first-order valence-corrected chi connectivity index (χ1v) is 15.7. The van der Waals surface area contributed by atoms with Gasteiger partial charge >= 0.3 is 0 Å². The number of nitrogens with zero attached hydrogens (tertiary/aromatic N) is 1. The highest BCUT2D eigenvalue weighted by molar-refractivity contribution is 6.20. The first-order chi connectivity index (χ1) is 21.5. The minimum absolute atomic E-state index is 0.0141. The number of allylic oxidation sites excluding steroid dienone is 2. The highest BCUT2D eigenvalue weighted by atomic mass is 16.5. The van der Waals surface area contributed by atoms with E-state index < -0.39 is 0 Å². The van der Waals surface area contributed by atoms with Crippen molar-refractivity contribution in [2.24, 2.45) is 0 Å². The zero-order valence-corrected chi connectivity index (χ0v) is 27.2. The normalized spacial score (nSPS) is 15.4. The standard InChI is InChI=1S/C42H39NO2/c1-26(44)40(27(2)45-7)28-16-18-29(19-17-28)43(30-20-22-34-32-12-8-10-14-36(32)41(3,4)38(34)24-30)31-21-23-35-33-13-9-11-15-37(33)42(5,6)39(35)25-31/h8-25H,1-7H3/b40-27+. The van der Waals surface area contributed by atoms with Crippen molar-refractivity contribution in [2.75, 3.05) is 12.0 Å². The summed E-state index contributed by atoms with van der Waals surface area (Å²) in [5.74, 6) is 0.604. The number of carbonyl (C=O) groups excluding carboxylic acids is 1. The molecular weight excluding hydrogens is 550 g/mol. The molecule has 5 aromatic carbocycles. The molecule has 0 bridgehead atoms. The second-order valence-electron chi connectivity index (χ2n) is 13.4. The van der Waals surface area contributed by atoms with E-state index in [0.717, 1.165) is 22.6 Å². The summed E-state index contributed by atoms with van der Waals surface area (Å²) in [6, 6.07) is 39.6. The third kappa shape index (κ3) is 4.36. The maximum Gasteiger partial charge on any atom is 0.163 e. The molecule has 0 amide bonds. The van der Waals surface area contributed by atoms with Crippen LogP contribution in [-0.4, -0.2) is 12.9 Å². The van der Waals surface area contributed by atoms with Gasteiger partial charge in [-0.25, -0.2) is 0 Å². The van der Waals surface area contributed by atoms with Gasteiger partial charge in [0.2, 0.25) is 0 Å². The second kappa shape index (κ2) is 10.3. The Morgan fingerprint density at radius 2 is 0.978 bits per heavy atom. The fourth-order valence-electron chi connectivity index (χ4n) is 7.64. The van der Waals surface area contributed by atoms with Gasteiger partial charge in [0.05, 0.1) is 12.7 Å². The molecule has 3 heteroatoms. The lowest BCUT2D eigenvalue weighted by Crippen LogP contribution is -2.18. The predicted octanol–water partition coefficient (Wildman–Crippen LogP) is 10.7. The van der Waals surface area contributed by atoms with Gasteiger partial charge in [0.15, 0.2) is 5.78 Å². The van der Waals surface area contributed by atoms with Gasteiger partial charge in [0.1, 0.15) is 5.76 Å². The van der Waals surface area contributed by atoms with Crippen molar-refractivity contribution in [1.29, 1.82) is 0 Å². The van der Waals surface area contributed by atoms with Crippen LogP contribution in [0.2, 0.25) is 0 Å². The first-order valence-electron chi connectivity index (χ1n) is 15.7. The Labute approximate surface area is 266 Å². The zero-order valence-electron chi connectivity index (χ0n) is 27.2. The first kappa shape index (κ1) is 28.9. The summed E-state index contributed by atoms with van der Waals surface area (Å²) in [6.45, 7) is 12.7. The Morgan fingerprint density at radius 3 is 1.42 bits per heavy atom. The molecule has 0 saturated carbocycles. The monoisotopic (exact) mass is 589 g/mol. The van der Waals surface area contributed by atoms with E-state index in [4.69, 9.17) is 4.74 Å². The van der Waals surface area contributed by atoms with Crippen molar-refractivity contribution in [1.82, 2.24) is 0 Å². The van der Waals surface area contributed by atoms with Crippen molar-refractivity contribution in [3.05, 3.63) is 143 Å². The fraction of sp³-hybridized carbons (Fsp3) is 0.214. The Morgan fingerprint density at radius 1 is 0.556 bits per heavy atom. The van der Waals surface area contributed by atoms with Crippen LogP contribution in [0.1, 0.15) is 69.4 Å². The van der Waals surface area contributed by atoms with Gasteiger partial charge in [-0.05, 0) is 100 Å². The predicted molar refractivity (Wildman–Crippen MR) is 187 cm³/mol. The molecule has 0 aliphatic heterocycles. The third-order valence-electron chi connectivity index (χ3n) is 10.1. The van der Waals surface area contributed by atoms with Crippen molar-refractivity contribution in [3.63, 3.8) is 0 Å². The molecule has 0 atom stereocenters. The summed E-state index contributed by atoms with van der Waals surface area (Å²) in [6.07, 6.45) is 0. The van der Waals surface area contributed by atoms with E-state index >= 15 is 0 Å². The second-order valence-corrected chi connectivity index (χ2v) is 13.4. The van der Waals surface area contributed by atoms with Gasteiger partial charge in [0.25, 0.3) is 0 Å². The van der Waals surface area contributed by atoms with Crippen molar-refractivity contribution in [3.8, 4) is 22.3 Å². The number of fused-ring (bicyclic) bond motifs is 6. The number of rotatable bonds is 6. The van der Waals surface area contributed by atoms with E-state index in [-0.39, 0.29) is 16.6 Å². The molecule has 2 aliphatic carbocycles. The van der Waals surface area contributed by atoms with Crippen LogP contribution in [0.4, 0.5) is 17.1 Å². The lowest BCUT2D eigenvalue weighted by Gasteiger charge is -2.30. The molecule has 0 aromatic heterocycles. The lowest BCUT2D eigenvalue weighted by atomic mass is 9.82. The summed E-state index contributed by atoms with van der Waals surface area (Å²) >= 11 is 0. The zero-order chi connectivity index (χ0) is 31.7. The summed E-state index contributed by atoms with van der Waals surface area (Å²) in [5, 5.41) is 0. The Kier molecular flexibility index (Phi) is 6.63. The molecule has 0 spiro atoms. The molecule has 3 nitrogen and oxygen atoms in total. The highest BCUT2D eigenvalue weighted by Crippen LogP contribution is 2.53. The molecule has 5 aromatic rings. The Bertz CT molecular complexity index is 1920. The van der Waals surface area contributed by atoms with Gasteiger partial charge in [-0.2, -0.15) is 0 Å². The number of carbonyl (C=O) groups is 1. The number of benzene rings is 5. The van der Waals surface area contributed by atoms with Crippen molar-refractivity contribution >= 4 is 28.4 Å². The van der Waals surface area contributed by atoms with E-state index in [9.17, 15) is 4.79 Å². The van der Waals surface area contributed by atoms with Crippen molar-refractivity contribution in [2.45, 2.75) is 52.4 Å². The minimum Gasteiger partial charge on any atom is -0.501 e. The number of ether oxygens (including phenoxy) is 1. The van der Waals surface area contributed by atoms with Crippen LogP contribution >= 0.6 is 0 Å². The molecule has 45 heavy (non-hydrogen) atoms. The van der Waals surface area contributed by atoms with Gasteiger partial charge in [0, 0.05) is 27.9 Å². The average Bonchev–Trinajstić information content (AvgIpc) is 3.41. The molecule has 2 aliphatic rings. The van der Waals surface area contributed by atoms with E-state index in [0.29, 0.717) is 11.3 Å². The van der Waals surface area contributed by atoms with Gasteiger partial charge in [-0.3, -0.25) is 4.79 Å². The third-order valence-corrected chi connectivity index (χ3v) is 10.1. The molecule has 7 rings (SSSR count). The summed E-state index contributed by atoms with van der Waals surface area (Å²) in [5.41, 5.74) is 15.1. The largest absolute Gasteiger partial charge is 0.501 e. The molecule has 0 fully saturated rings. The number of anilines is 3. The average molecular weight is 590 g/mol. The molecule has 0 unspecified atom stereocenters. The highest BCUT2D eigenvalue weighted by Gasteiger charge is 2.37. The van der Waals surface area contributed by atoms with Crippen LogP contribution in [0.3, 0.4) is 0 Å². The van der Waals surface area contributed by atoms with Crippen LogP contribution in [-0.2, 0) is 20.4 Å². The van der Waals surface area contributed by atoms with Crippen LogP contribution in [0.15, 0.2) is 115 Å². The molecule has 224 valence electrons. The van der Waals surface area contributed by atoms with E-state index in [1.54, 1.807) is 14.0 Å². The number of Topliss-reactive ketones (excluding diaryl/α,β-unsaturated/α-hetero) is 1. The van der Waals surface area contributed by atoms with Crippen LogP contribution in [0.25, 0.3) is 27.8 Å². The minimum atomic E-state index is -0.113. The maximum atomic E-state index is 12.6. The Hall–Kier alpha value is -4.89. The number of hydrogen-bond acceptors (Lipinski definition) is 3. The van der Waals surface area contributed by atoms with E-state index in [2.05, 4.69) is 130 Å². The van der Waals surface area contributed by atoms with Gasteiger partial charge in [-0.1, -0.05) is 100 Å². The number of ketones is 1. The quantitative estimate of drug-likeness (QED) is 0.146.